The first kappa shape index (κ1) is 73.1. The van der Waals surface area contributed by atoms with Crippen LogP contribution < -0.4 is 40.8 Å². The van der Waals surface area contributed by atoms with Crippen LogP contribution in [0.1, 0.15) is 61.9 Å². The minimum absolute atomic E-state index is 0.00725. The average Bonchev–Trinajstić information content (AvgIpc) is 1.69. The number of carbonyl (C=O) groups excluding carboxylic acids is 7. The number of nitrogens with one attached hydrogen (secondary N) is 6. The third kappa shape index (κ3) is 18.9. The zero-order chi connectivity index (χ0) is 69.0. The first-order valence-electron chi connectivity index (χ1n) is 30.5. The molecule has 3 aliphatic rings. The molecule has 0 unspecified atom stereocenters. The molecule has 35 heteroatoms. The second-order valence-electron chi connectivity index (χ2n) is 23.6. The van der Waals surface area contributed by atoms with E-state index < -0.39 is 207 Å². The Bertz CT molecular complexity index is 3430. The van der Waals surface area contributed by atoms with Gasteiger partial charge in [-0.05, 0) is 86.8 Å². The maximum absolute atomic E-state index is 15.0. The summed E-state index contributed by atoms with van der Waals surface area (Å²) in [5.41, 5.74) is 1.85. The maximum atomic E-state index is 15.0. The van der Waals surface area contributed by atoms with Crippen molar-refractivity contribution in [3.63, 3.8) is 0 Å². The number of benzene rings is 3. The number of β-amino-alcohol motifs (C(OH)–C–C–N with tert-alkyl or cyclic N) is 1. The first-order valence-corrected chi connectivity index (χ1v) is 32.8. The van der Waals surface area contributed by atoms with E-state index in [0.29, 0.717) is 40.2 Å². The van der Waals surface area contributed by atoms with Gasteiger partial charge in [0.05, 0.1) is 74.4 Å². The summed E-state index contributed by atoms with van der Waals surface area (Å²) in [7, 11) is 1.65. The number of aliphatic hydroxyl groups excluding tert-OH is 8. The van der Waals surface area contributed by atoms with Gasteiger partial charge in [-0.15, -0.1) is 0 Å². The molecule has 5 aromatic rings. The summed E-state index contributed by atoms with van der Waals surface area (Å²) < 4.78 is 45.9. The normalized spacial score (nSPS) is 24.8. The number of unbranched alkanes of at least 4 members (excludes halogenated alkanes) is 1. The summed E-state index contributed by atoms with van der Waals surface area (Å²) in [6, 6.07) is 3.99. The molecule has 33 nitrogen and oxygen atoms in total. The third-order valence-electron chi connectivity index (χ3n) is 16.3. The second-order valence-corrected chi connectivity index (χ2v) is 25.6. The molecule has 3 saturated heterocycles. The summed E-state index contributed by atoms with van der Waals surface area (Å²) in [6.07, 6.45) is -9.68. The molecule has 0 aliphatic carbocycles. The molecular formula is C60H81N11O22S2. The zero-order valence-electron chi connectivity index (χ0n) is 51.9. The second kappa shape index (κ2) is 32.8. The van der Waals surface area contributed by atoms with E-state index in [0.717, 1.165) is 53.3 Å². The molecule has 18 N–H and O–H groups in total. The summed E-state index contributed by atoms with van der Waals surface area (Å²) in [4.78, 5) is 109. The molecular weight excluding hydrogens is 1290 g/mol. The Hall–Kier alpha value is -7.72. The predicted octanol–water partition coefficient (Wildman–Crippen LogP) is -2.57. The monoisotopic (exact) mass is 1370 g/mol. The van der Waals surface area contributed by atoms with Crippen molar-refractivity contribution in [2.75, 3.05) is 59.7 Å². The van der Waals surface area contributed by atoms with Crippen molar-refractivity contribution in [3.8, 4) is 39.1 Å². The molecule has 0 radical (unpaired) electrons. The van der Waals surface area contributed by atoms with Crippen LogP contribution in [0.25, 0.3) is 26.8 Å². The number of amides is 7. The van der Waals surface area contributed by atoms with Gasteiger partial charge in [-0.1, -0.05) is 36.5 Å². The van der Waals surface area contributed by atoms with Crippen molar-refractivity contribution in [3.05, 3.63) is 84.1 Å². The molecule has 95 heavy (non-hydrogen) atoms. The Labute approximate surface area is 549 Å². The minimum Gasteiger partial charge on any atom is -0.504 e. The van der Waals surface area contributed by atoms with E-state index in [2.05, 4.69) is 36.1 Å². The van der Waals surface area contributed by atoms with Gasteiger partial charge in [0.1, 0.15) is 47.0 Å². The van der Waals surface area contributed by atoms with Gasteiger partial charge in [0.2, 0.25) is 40.4 Å². The van der Waals surface area contributed by atoms with Gasteiger partial charge in [-0.2, -0.15) is 5.10 Å². The highest BCUT2D eigenvalue weighted by Gasteiger charge is 2.50. The van der Waals surface area contributed by atoms with Crippen molar-refractivity contribution >= 4 is 68.8 Å². The Morgan fingerprint density at radius 3 is 2.11 bits per heavy atom. The molecule has 3 aromatic carbocycles. The van der Waals surface area contributed by atoms with Gasteiger partial charge >= 0.3 is 0 Å². The highest BCUT2D eigenvalue weighted by Crippen LogP contribution is 2.41. The maximum Gasteiger partial charge on any atom is 0.266 e. The van der Waals surface area contributed by atoms with Gasteiger partial charge < -0.3 is 101 Å². The van der Waals surface area contributed by atoms with E-state index >= 15 is 0 Å². The van der Waals surface area contributed by atoms with Gasteiger partial charge in [0.15, 0.2) is 11.5 Å². The Kier molecular flexibility index (Phi) is 25.2. The predicted molar refractivity (Wildman–Crippen MR) is 338 cm³/mol. The molecule has 520 valence electrons. The van der Waals surface area contributed by atoms with Crippen LogP contribution in [0.2, 0.25) is 0 Å². The molecule has 0 bridgehead atoms. The number of hydrogen-bond acceptors (Lipinski definition) is 26. The van der Waals surface area contributed by atoms with Crippen LogP contribution in [-0.4, -0.2) is 264 Å². The lowest BCUT2D eigenvalue weighted by Crippen LogP contribution is -2.64. The average molecular weight is 1370 g/mol. The third-order valence-corrected chi connectivity index (χ3v) is 17.7. The highest BCUT2D eigenvalue weighted by molar-refractivity contribution is 8.15. The largest absolute Gasteiger partial charge is 0.504 e. The van der Waals surface area contributed by atoms with E-state index in [4.69, 9.17) is 19.6 Å². The summed E-state index contributed by atoms with van der Waals surface area (Å²) in [5, 5.41) is 119. The molecule has 2 aromatic heterocycles. The van der Waals surface area contributed by atoms with E-state index in [1.807, 2.05) is 24.3 Å². The van der Waals surface area contributed by atoms with Crippen LogP contribution in [0.15, 0.2) is 72.9 Å². The fourth-order valence-corrected chi connectivity index (χ4v) is 12.4. The Morgan fingerprint density at radius 2 is 1.44 bits per heavy atom. The van der Waals surface area contributed by atoms with Gasteiger partial charge in [-0.3, -0.25) is 47.2 Å². The van der Waals surface area contributed by atoms with E-state index in [-0.39, 0.29) is 17.7 Å². The van der Waals surface area contributed by atoms with E-state index in [1.54, 1.807) is 30.0 Å². The Morgan fingerprint density at radius 1 is 0.779 bits per heavy atom. The lowest BCUT2D eigenvalue weighted by Gasteiger charge is -2.34. The van der Waals surface area contributed by atoms with Crippen molar-refractivity contribution in [1.29, 1.82) is 0 Å². The van der Waals surface area contributed by atoms with Crippen LogP contribution in [0.4, 0.5) is 0 Å². The number of aliphatic hydroxyl groups is 8. The van der Waals surface area contributed by atoms with Crippen LogP contribution in [0, 0.1) is 5.92 Å². The molecule has 8 rings (SSSR count). The van der Waals surface area contributed by atoms with E-state index in [9.17, 15) is 93.2 Å². The molecule has 3 fully saturated rings. The number of phenolic OH excluding ortho intramolecular Hbond substituents is 1. The lowest BCUT2D eigenvalue weighted by atomic mass is 9.98. The number of ether oxygens (including phenoxy) is 2. The van der Waals surface area contributed by atoms with Gasteiger partial charge in [-0.25, -0.2) is 9.50 Å². The number of nitrogens with zero attached hydrogens (tertiary/aromatic N) is 5. The van der Waals surface area contributed by atoms with E-state index in [1.165, 1.54) is 30.4 Å². The van der Waals surface area contributed by atoms with Crippen molar-refractivity contribution < 1.29 is 107 Å². The number of rotatable bonds is 23. The number of fused-ring (bicyclic) bond motifs is 3. The van der Waals surface area contributed by atoms with Crippen molar-refractivity contribution in [2.24, 2.45) is 5.92 Å². The van der Waals surface area contributed by atoms with Gasteiger partial charge in [0, 0.05) is 75.2 Å². The fraction of sp³-hybridized carbons (Fsp3) is 0.517. The standard InChI is InChI=1S/C60H81N11O22S2/c1-30-25-70-50(51(30)80)56(85)62-24-37(75)22-40(63-52(81)34-9-7-33(8-10-34)41-27-71-60(64-41)94-57(68-71)35-11-13-39(14-12-35)92-19-5-4-18-91-3)53(82)65-47(31(2)74)58(86)69-26-38(76)23-42(69)54(83)66-48(45(79)20-32-6-15-43(77)46(21-32)93-95(88,89)90)55(84)67-49(59(70)87)44(78)16-17-61-36(28-72)29-73/h6-15,21,27,30-31,36-38,40,42,44-45,47-51,61,72-80,88-90H,4-5,16-20,22-26,28-29H2,1-3H3,(H,62,85)(H,63,81)(H,65,82)(H,66,83)(H,67,84)/t30-,31+,37+,38+,40-,42-,44+,45+,47-,48-,49-,50-,51-/m0/s1. The molecule has 3 aliphatic heterocycles. The molecule has 0 saturated carbocycles. The van der Waals surface area contributed by atoms with Gasteiger partial charge in [0.25, 0.3) is 17.1 Å². The Balaban J connectivity index is 1.08. The highest BCUT2D eigenvalue weighted by atomic mass is 32.3. The lowest BCUT2D eigenvalue weighted by molar-refractivity contribution is -0.147. The number of aromatic nitrogens is 3. The first-order chi connectivity index (χ1) is 45.2. The number of phenols is 1. The zero-order valence-corrected chi connectivity index (χ0v) is 53.5. The number of hydrogen-bond donors (Lipinski definition) is 18. The smallest absolute Gasteiger partial charge is 0.266 e. The number of imidazole rings is 1. The fourth-order valence-electron chi connectivity index (χ4n) is 11.2. The summed E-state index contributed by atoms with van der Waals surface area (Å²) in [5.74, 6) is -9.83. The number of carbonyl (C=O) groups is 7. The molecule has 0 spiro atoms. The molecule has 7 amide bonds. The molecule has 5 heterocycles. The number of aromatic hydroxyl groups is 1. The van der Waals surface area contributed by atoms with Crippen LogP contribution in [0.5, 0.6) is 17.2 Å². The molecule has 13 atom stereocenters. The van der Waals surface area contributed by atoms with Crippen molar-refractivity contribution in [2.45, 2.75) is 131 Å². The van der Waals surface area contributed by atoms with Crippen molar-refractivity contribution in [1.82, 2.24) is 56.3 Å². The van der Waals surface area contributed by atoms with Crippen LogP contribution in [0.3, 0.4) is 0 Å². The van der Waals surface area contributed by atoms with Crippen LogP contribution in [-0.2, 0) is 39.9 Å². The quantitative estimate of drug-likeness (QED) is 0.0299. The minimum atomic E-state index is -4.75. The number of methoxy groups -OCH3 is 1. The topological polar surface area (TPSA) is 499 Å². The summed E-state index contributed by atoms with van der Waals surface area (Å²) >= 11 is -3.40. The SMILES string of the molecule is COCCCCOc1ccc(-c2nn3cc(-c4ccc(C(=O)N[C@H]5C[C@@H](O)CNC(=O)[C@@H]6[C@@H](O)[C@@H](C)CN6C(=O)[C@H]([C@H](O)CCNC(CO)CO)NC(=O)[C@H]([C@H](O)Cc6ccc(O)c(OS(O)(O)O)c6)NC(=O)[C@@H]6C[C@@H](O)CN6C(=O)[C@H]([C@@H](C)O)NC5=O)cc4)nc3s2)cc1. The van der Waals surface area contributed by atoms with Crippen LogP contribution >= 0.6 is 22.5 Å². The summed E-state index contributed by atoms with van der Waals surface area (Å²) in [6.45, 7) is 0.699.